The summed E-state index contributed by atoms with van der Waals surface area (Å²) in [5, 5.41) is 13.9. The molecule has 2 aliphatic heterocycles. The van der Waals surface area contributed by atoms with Crippen molar-refractivity contribution in [2.24, 2.45) is 10.9 Å². The van der Waals surface area contributed by atoms with Gasteiger partial charge in [0.25, 0.3) is 0 Å². The molecule has 0 aromatic heterocycles. The van der Waals surface area contributed by atoms with Gasteiger partial charge in [-0.1, -0.05) is 67.3 Å². The first-order chi connectivity index (χ1) is 33.1. The van der Waals surface area contributed by atoms with E-state index in [2.05, 4.69) is 35.1 Å². The lowest BCUT2D eigenvalue weighted by Crippen LogP contribution is -2.32. The van der Waals surface area contributed by atoms with E-state index in [9.17, 15) is 24.3 Å². The van der Waals surface area contributed by atoms with E-state index in [0.29, 0.717) is 94.6 Å². The fourth-order valence-corrected chi connectivity index (χ4v) is 8.70. The van der Waals surface area contributed by atoms with E-state index in [4.69, 9.17) is 18.9 Å². The molecule has 0 spiro atoms. The summed E-state index contributed by atoms with van der Waals surface area (Å²) < 4.78 is 23.5. The predicted molar refractivity (Wildman–Crippen MR) is 264 cm³/mol. The van der Waals surface area contributed by atoms with Crippen molar-refractivity contribution < 1.29 is 43.2 Å². The topological polar surface area (TPSA) is 153 Å². The van der Waals surface area contributed by atoms with Gasteiger partial charge in [0.05, 0.1) is 49.9 Å². The van der Waals surface area contributed by atoms with Crippen LogP contribution in [-0.2, 0) is 30.3 Å². The van der Waals surface area contributed by atoms with Crippen molar-refractivity contribution in [1.82, 2.24) is 0 Å². The molecule has 4 aromatic rings. The number of nitrogens with one attached hydrogen (secondary N) is 1. The number of Topliss-reactive ketones (excluding diaryl/α,β-unsaturated/α-hetero) is 2. The van der Waals surface area contributed by atoms with E-state index in [1.165, 1.54) is 6.07 Å². The minimum atomic E-state index is -1.10. The van der Waals surface area contributed by atoms with Crippen LogP contribution in [0.25, 0.3) is 0 Å². The zero-order valence-corrected chi connectivity index (χ0v) is 39.3. The van der Waals surface area contributed by atoms with Crippen molar-refractivity contribution in [3.05, 3.63) is 147 Å². The van der Waals surface area contributed by atoms with E-state index in [1.807, 2.05) is 86.7 Å². The van der Waals surface area contributed by atoms with Gasteiger partial charge in [0.1, 0.15) is 17.3 Å². The Hall–Kier alpha value is -6.65. The molecule has 0 saturated heterocycles. The first-order valence-electron chi connectivity index (χ1n) is 23.8. The number of fused-ring (bicyclic) bond motifs is 4. The number of aromatic carboxylic acids is 1. The van der Waals surface area contributed by atoms with Crippen LogP contribution >= 0.6 is 0 Å². The van der Waals surface area contributed by atoms with Crippen LogP contribution in [0.15, 0.2) is 108 Å². The highest BCUT2D eigenvalue weighted by atomic mass is 16.5. The second kappa shape index (κ2) is 24.4. The van der Waals surface area contributed by atoms with Crippen LogP contribution in [0.3, 0.4) is 0 Å². The Bertz CT molecular complexity index is 2640. The molecule has 68 heavy (non-hydrogen) atoms. The lowest BCUT2D eigenvalue weighted by Gasteiger charge is -2.36. The third-order valence-corrected chi connectivity index (χ3v) is 12.2. The van der Waals surface area contributed by atoms with E-state index < -0.39 is 5.97 Å². The number of para-hydroxylation sites is 1. The monoisotopic (exact) mass is 919 g/mol. The van der Waals surface area contributed by atoms with E-state index in [-0.39, 0.29) is 54.1 Å². The summed E-state index contributed by atoms with van der Waals surface area (Å²) in [5.41, 5.74) is 8.13. The first kappa shape index (κ1) is 49.3. The summed E-state index contributed by atoms with van der Waals surface area (Å²) in [4.78, 5) is 58.7. The molecule has 2 unspecified atom stereocenters. The largest absolute Gasteiger partial charge is 0.478 e. The molecule has 7 rings (SSSR count). The van der Waals surface area contributed by atoms with Gasteiger partial charge in [-0.25, -0.2) is 4.79 Å². The van der Waals surface area contributed by atoms with Gasteiger partial charge in [0.2, 0.25) is 5.91 Å². The van der Waals surface area contributed by atoms with Crippen molar-refractivity contribution in [3.63, 3.8) is 0 Å². The van der Waals surface area contributed by atoms with Crippen molar-refractivity contribution in [2.45, 2.75) is 78.2 Å². The standard InChI is InChI=1S/C56H61N3O9/c1-4-26-58-43-21-24-46-52(35-43)68-53-36-49(57-5-2)38(3)33-48(53)55(46)45-23-20-41(34-47(45)56(63)64)51(61)17-11-28-66-30-32-67-31-29-65-27-10-15-44(60)22-25-54(62)59-37-42-14-7-6-12-39(42)18-19-40-13-8-9-16-50(40)59/h6-9,12-14,16,20-21,23-24,33-36,46,55,57H,4-5,10-11,15,17,22,25-32,37H2,1-3H3,(H,63,64). The molecule has 1 aliphatic carbocycles. The normalized spacial score (nSPS) is 16.1. The van der Waals surface area contributed by atoms with Gasteiger partial charge in [-0.2, -0.15) is 0 Å². The molecule has 2 atom stereocenters. The Morgan fingerprint density at radius 2 is 1.51 bits per heavy atom. The average molecular weight is 920 g/mol. The molecule has 2 N–H and O–H groups in total. The molecule has 0 radical (unpaired) electrons. The minimum Gasteiger partial charge on any atom is -0.478 e. The molecule has 0 bridgehead atoms. The quantitative estimate of drug-likeness (QED) is 0.0395. The highest BCUT2D eigenvalue weighted by molar-refractivity contribution is 6.05. The number of hydrogen-bond donors (Lipinski definition) is 2. The number of aryl methyl sites for hydroxylation is 1. The maximum atomic E-state index is 13.4. The maximum absolute atomic E-state index is 13.4. The number of amides is 1. The number of allylic oxidation sites excluding steroid dienone is 3. The Labute approximate surface area is 399 Å². The highest BCUT2D eigenvalue weighted by Gasteiger charge is 2.39. The molecule has 12 nitrogen and oxygen atoms in total. The van der Waals surface area contributed by atoms with Gasteiger partial charge in [0, 0.05) is 104 Å². The number of carbonyl (C=O) groups excluding carboxylic acids is 3. The minimum absolute atomic E-state index is 0.0206. The zero-order chi connectivity index (χ0) is 47.8. The molecule has 0 saturated carbocycles. The van der Waals surface area contributed by atoms with Gasteiger partial charge < -0.3 is 34.3 Å². The number of ketones is 2. The van der Waals surface area contributed by atoms with Gasteiger partial charge >= 0.3 is 5.97 Å². The first-order valence-corrected chi connectivity index (χ1v) is 23.8. The number of rotatable bonds is 24. The molecule has 0 fully saturated rings. The van der Waals surface area contributed by atoms with Crippen LogP contribution in [0.2, 0.25) is 0 Å². The maximum Gasteiger partial charge on any atom is 0.336 e. The van der Waals surface area contributed by atoms with Crippen LogP contribution in [0.5, 0.6) is 5.75 Å². The summed E-state index contributed by atoms with van der Waals surface area (Å²) >= 11 is 0. The van der Waals surface area contributed by atoms with Crippen LogP contribution in [0, 0.1) is 24.7 Å². The van der Waals surface area contributed by atoms with Crippen LogP contribution in [0.4, 0.5) is 11.4 Å². The fraction of sp³-hybridized carbons (Fsp3) is 0.375. The fourth-order valence-electron chi connectivity index (χ4n) is 8.70. The zero-order valence-electron chi connectivity index (χ0n) is 39.3. The summed E-state index contributed by atoms with van der Waals surface area (Å²) in [6, 6.07) is 24.5. The molecular formula is C56H61N3O9. The second-order valence-corrected chi connectivity index (χ2v) is 17.1. The number of anilines is 2. The summed E-state index contributed by atoms with van der Waals surface area (Å²) in [6.45, 7) is 10.2. The van der Waals surface area contributed by atoms with Gasteiger partial charge in [0.15, 0.2) is 5.78 Å². The lowest BCUT2D eigenvalue weighted by atomic mass is 9.73. The summed E-state index contributed by atoms with van der Waals surface area (Å²) in [7, 11) is 0. The Balaban J connectivity index is 0.797. The number of hydrogen-bond acceptors (Lipinski definition) is 10. The molecule has 354 valence electrons. The number of nitrogens with zero attached hydrogens (tertiary/aromatic N) is 2. The van der Waals surface area contributed by atoms with Gasteiger partial charge in [-0.05, 0) is 86.2 Å². The van der Waals surface area contributed by atoms with Crippen molar-refractivity contribution in [3.8, 4) is 17.6 Å². The van der Waals surface area contributed by atoms with E-state index in [0.717, 1.165) is 57.9 Å². The Morgan fingerprint density at radius 3 is 2.26 bits per heavy atom. The van der Waals surface area contributed by atoms with Crippen LogP contribution in [0.1, 0.15) is 119 Å². The Morgan fingerprint density at radius 1 is 0.809 bits per heavy atom. The number of carbonyl (C=O) groups is 4. The lowest BCUT2D eigenvalue weighted by molar-refractivity contribution is -0.124. The van der Waals surface area contributed by atoms with Crippen LogP contribution in [-0.4, -0.2) is 87.0 Å². The molecule has 1 amide bonds. The summed E-state index contributed by atoms with van der Waals surface area (Å²) in [6.07, 6.45) is 8.73. The Kier molecular flexibility index (Phi) is 17.7. The molecule has 4 aromatic carbocycles. The van der Waals surface area contributed by atoms with Gasteiger partial charge in [-0.3, -0.25) is 19.4 Å². The number of carboxylic acid groups (broad SMARTS) is 1. The van der Waals surface area contributed by atoms with Gasteiger partial charge in [-0.15, -0.1) is 0 Å². The summed E-state index contributed by atoms with van der Waals surface area (Å²) in [5.74, 6) is 5.84. The predicted octanol–water partition coefficient (Wildman–Crippen LogP) is 9.66. The highest BCUT2D eigenvalue weighted by Crippen LogP contribution is 2.49. The van der Waals surface area contributed by atoms with Crippen molar-refractivity contribution in [1.29, 1.82) is 0 Å². The SMILES string of the molecule is CCCN=C1C=CC2C(=C1)Oc1cc(NCC)c(C)cc1C2c1ccc(C(=O)CCCOCCOCCOCCCC(=O)CCC(=O)N2Cc3ccccc3C#Cc3ccccc32)cc1C(=O)O. The van der Waals surface area contributed by atoms with E-state index in [1.54, 1.807) is 17.0 Å². The third kappa shape index (κ3) is 12.7. The average Bonchev–Trinajstić information content (AvgIpc) is 3.34. The second-order valence-electron chi connectivity index (χ2n) is 17.1. The van der Waals surface area contributed by atoms with Crippen molar-refractivity contribution >= 4 is 40.5 Å². The smallest absolute Gasteiger partial charge is 0.336 e. The number of benzene rings is 4. The number of aliphatic imine (C=N–C) groups is 1. The number of carboxylic acids is 1. The number of ether oxygens (including phenoxy) is 4. The molecule has 3 aliphatic rings. The molecule has 2 heterocycles. The van der Waals surface area contributed by atoms with E-state index >= 15 is 0 Å². The van der Waals surface area contributed by atoms with Crippen molar-refractivity contribution in [2.75, 3.05) is 62.9 Å². The molecule has 12 heteroatoms. The molecular weight excluding hydrogens is 859 g/mol. The van der Waals surface area contributed by atoms with Crippen LogP contribution < -0.4 is 15.0 Å². The third-order valence-electron chi connectivity index (χ3n) is 12.2.